The molecule has 1 aromatic carbocycles. The van der Waals surface area contributed by atoms with Gasteiger partial charge in [-0.05, 0) is 44.4 Å². The van der Waals surface area contributed by atoms with Crippen molar-refractivity contribution in [3.05, 3.63) is 42.0 Å². The number of para-hydroxylation sites is 1. The van der Waals surface area contributed by atoms with Crippen LogP contribution in [-0.4, -0.2) is 19.2 Å². The fourth-order valence-corrected chi connectivity index (χ4v) is 2.78. The number of hydrogen-bond acceptors (Lipinski definition) is 2. The summed E-state index contributed by atoms with van der Waals surface area (Å²) >= 11 is 0. The molecule has 2 atom stereocenters. The van der Waals surface area contributed by atoms with Gasteiger partial charge in [-0.25, -0.2) is 0 Å². The summed E-state index contributed by atoms with van der Waals surface area (Å²) in [4.78, 5) is 0. The number of nitrogens with one attached hydrogen (secondary N) is 1. The van der Waals surface area contributed by atoms with Crippen molar-refractivity contribution in [1.82, 2.24) is 5.32 Å². The van der Waals surface area contributed by atoms with Crippen LogP contribution in [0.1, 0.15) is 32.3 Å². The smallest absolute Gasteiger partial charge is 0.122 e. The summed E-state index contributed by atoms with van der Waals surface area (Å²) < 4.78 is 5.91. The molecule has 0 aliphatic carbocycles. The van der Waals surface area contributed by atoms with Crippen LogP contribution in [0.25, 0.3) is 0 Å². The zero-order valence-electron chi connectivity index (χ0n) is 12.1. The molecule has 1 aromatic rings. The van der Waals surface area contributed by atoms with E-state index >= 15 is 0 Å². The highest BCUT2D eigenvalue weighted by Crippen LogP contribution is 2.29. The minimum Gasteiger partial charge on any atom is -0.493 e. The second-order valence-electron chi connectivity index (χ2n) is 5.54. The van der Waals surface area contributed by atoms with Gasteiger partial charge in [0.05, 0.1) is 6.61 Å². The van der Waals surface area contributed by atoms with Crippen molar-refractivity contribution in [3.63, 3.8) is 0 Å². The number of rotatable bonds is 6. The summed E-state index contributed by atoms with van der Waals surface area (Å²) in [5, 5.41) is 3.62. The van der Waals surface area contributed by atoms with E-state index in [0.29, 0.717) is 12.0 Å². The maximum absolute atomic E-state index is 5.91. The lowest BCUT2D eigenvalue weighted by atomic mass is 9.87. The van der Waals surface area contributed by atoms with E-state index in [1.54, 1.807) is 0 Å². The Balaban J connectivity index is 2.01. The molecule has 0 fully saturated rings. The quantitative estimate of drug-likeness (QED) is 0.789. The largest absolute Gasteiger partial charge is 0.493 e. The van der Waals surface area contributed by atoms with Gasteiger partial charge in [-0.2, -0.15) is 0 Å². The van der Waals surface area contributed by atoms with Crippen molar-refractivity contribution in [1.29, 1.82) is 0 Å². The summed E-state index contributed by atoms with van der Waals surface area (Å²) in [5.74, 6) is 1.63. The average molecular weight is 259 g/mol. The Bertz CT molecular complexity index is 427. The summed E-state index contributed by atoms with van der Waals surface area (Å²) in [7, 11) is 0. The molecule has 1 N–H and O–H groups in total. The number of ether oxygens (including phenoxy) is 1. The zero-order chi connectivity index (χ0) is 13.7. The lowest BCUT2D eigenvalue weighted by molar-refractivity contribution is 0.180. The first-order valence-electron chi connectivity index (χ1n) is 7.29. The Kier molecular flexibility index (Phi) is 5.03. The normalized spacial score (nSPS) is 19.4. The standard InChI is InChI=1S/C17H25NO/c1-4-18-16(10-9-13(2)3)15-11-14-7-5-6-8-17(14)19-12-15/h5-8,15-16,18H,2,4,9-12H2,1,3H3. The predicted molar refractivity (Wildman–Crippen MR) is 80.6 cm³/mol. The average Bonchev–Trinajstić information content (AvgIpc) is 2.42. The Labute approximate surface area is 116 Å². The highest BCUT2D eigenvalue weighted by Gasteiger charge is 2.26. The van der Waals surface area contributed by atoms with Gasteiger partial charge < -0.3 is 10.1 Å². The van der Waals surface area contributed by atoms with Gasteiger partial charge >= 0.3 is 0 Å². The molecular formula is C17H25NO. The molecule has 2 nitrogen and oxygen atoms in total. The fraction of sp³-hybridized carbons (Fsp3) is 0.529. The molecule has 0 saturated carbocycles. The van der Waals surface area contributed by atoms with Gasteiger partial charge in [-0.15, -0.1) is 6.58 Å². The molecular weight excluding hydrogens is 234 g/mol. The molecule has 0 saturated heterocycles. The van der Waals surface area contributed by atoms with Crippen LogP contribution in [-0.2, 0) is 6.42 Å². The number of allylic oxidation sites excluding steroid dienone is 1. The second kappa shape index (κ2) is 6.76. The lowest BCUT2D eigenvalue weighted by Gasteiger charge is -2.32. The van der Waals surface area contributed by atoms with Crippen LogP contribution < -0.4 is 10.1 Å². The van der Waals surface area contributed by atoms with Crippen LogP contribution in [0.3, 0.4) is 0 Å². The highest BCUT2D eigenvalue weighted by atomic mass is 16.5. The van der Waals surface area contributed by atoms with Gasteiger partial charge in [0.15, 0.2) is 0 Å². The Morgan fingerprint density at radius 1 is 1.47 bits per heavy atom. The summed E-state index contributed by atoms with van der Waals surface area (Å²) in [5.41, 5.74) is 2.61. The number of benzene rings is 1. The third-order valence-corrected chi connectivity index (χ3v) is 3.83. The molecule has 0 bridgehead atoms. The van der Waals surface area contributed by atoms with E-state index < -0.39 is 0 Å². The molecule has 1 aliphatic heterocycles. The van der Waals surface area contributed by atoms with Gasteiger partial charge in [0, 0.05) is 12.0 Å². The minimum absolute atomic E-state index is 0.523. The molecule has 2 unspecified atom stereocenters. The molecule has 0 radical (unpaired) electrons. The summed E-state index contributed by atoms with van der Waals surface area (Å²) in [6.45, 7) is 10.1. The molecule has 19 heavy (non-hydrogen) atoms. The molecule has 0 spiro atoms. The molecule has 1 heterocycles. The second-order valence-corrected chi connectivity index (χ2v) is 5.54. The van der Waals surface area contributed by atoms with Crippen molar-refractivity contribution in [2.45, 2.75) is 39.2 Å². The Hall–Kier alpha value is -1.28. The SMILES string of the molecule is C=C(C)CCC(NCC)C1COc2ccccc2C1. The van der Waals surface area contributed by atoms with Crippen LogP contribution in [0.15, 0.2) is 36.4 Å². The molecule has 1 aliphatic rings. The molecule has 2 rings (SSSR count). The van der Waals surface area contributed by atoms with Crippen molar-refractivity contribution in [3.8, 4) is 5.75 Å². The van der Waals surface area contributed by atoms with Crippen molar-refractivity contribution in [2.24, 2.45) is 5.92 Å². The van der Waals surface area contributed by atoms with Gasteiger partial charge in [0.2, 0.25) is 0 Å². The summed E-state index contributed by atoms with van der Waals surface area (Å²) in [6.07, 6.45) is 3.36. The van der Waals surface area contributed by atoms with Gasteiger partial charge in [-0.3, -0.25) is 0 Å². The molecule has 2 heteroatoms. The molecule has 0 amide bonds. The first-order chi connectivity index (χ1) is 9.20. The van der Waals surface area contributed by atoms with Crippen molar-refractivity contribution in [2.75, 3.05) is 13.2 Å². The minimum atomic E-state index is 0.523. The topological polar surface area (TPSA) is 21.3 Å². The van der Waals surface area contributed by atoms with E-state index in [9.17, 15) is 0 Å². The van der Waals surface area contributed by atoms with Crippen molar-refractivity contribution >= 4 is 0 Å². The maximum atomic E-state index is 5.91. The van der Waals surface area contributed by atoms with E-state index in [0.717, 1.165) is 38.2 Å². The van der Waals surface area contributed by atoms with Gasteiger partial charge in [0.25, 0.3) is 0 Å². The van der Waals surface area contributed by atoms with Crippen LogP contribution >= 0.6 is 0 Å². The van der Waals surface area contributed by atoms with E-state index in [4.69, 9.17) is 4.74 Å². The number of fused-ring (bicyclic) bond motifs is 1. The first-order valence-corrected chi connectivity index (χ1v) is 7.29. The molecule has 0 aromatic heterocycles. The fourth-order valence-electron chi connectivity index (χ4n) is 2.78. The Morgan fingerprint density at radius 3 is 3.00 bits per heavy atom. The van der Waals surface area contributed by atoms with Crippen LogP contribution in [0.4, 0.5) is 0 Å². The van der Waals surface area contributed by atoms with E-state index in [1.165, 1.54) is 11.1 Å². The maximum Gasteiger partial charge on any atom is 0.122 e. The van der Waals surface area contributed by atoms with E-state index in [2.05, 4.69) is 43.9 Å². The third kappa shape index (κ3) is 3.84. The molecule has 104 valence electrons. The predicted octanol–water partition coefficient (Wildman–Crippen LogP) is 3.57. The Morgan fingerprint density at radius 2 is 2.26 bits per heavy atom. The first kappa shape index (κ1) is 14.1. The van der Waals surface area contributed by atoms with Crippen LogP contribution in [0.5, 0.6) is 5.75 Å². The highest BCUT2D eigenvalue weighted by molar-refractivity contribution is 5.35. The van der Waals surface area contributed by atoms with E-state index in [-0.39, 0.29) is 0 Å². The zero-order valence-corrected chi connectivity index (χ0v) is 12.1. The van der Waals surface area contributed by atoms with Crippen LogP contribution in [0, 0.1) is 5.92 Å². The van der Waals surface area contributed by atoms with Crippen LogP contribution in [0.2, 0.25) is 0 Å². The van der Waals surface area contributed by atoms with Crippen molar-refractivity contribution < 1.29 is 4.74 Å². The van der Waals surface area contributed by atoms with Gasteiger partial charge in [-0.1, -0.05) is 30.7 Å². The van der Waals surface area contributed by atoms with E-state index in [1.807, 2.05) is 6.07 Å². The third-order valence-electron chi connectivity index (χ3n) is 3.83. The lowest BCUT2D eigenvalue weighted by Crippen LogP contribution is -2.41. The number of hydrogen-bond donors (Lipinski definition) is 1. The summed E-state index contributed by atoms with van der Waals surface area (Å²) in [6, 6.07) is 8.92. The monoisotopic (exact) mass is 259 g/mol. The van der Waals surface area contributed by atoms with Gasteiger partial charge in [0.1, 0.15) is 5.75 Å².